The molecule has 4 nitrogen and oxygen atoms in total. The molecule has 0 saturated carbocycles. The third-order valence-electron chi connectivity index (χ3n) is 3.81. The number of likely N-dealkylation sites (N-methyl/N-ethyl adjacent to an activating group) is 2. The number of rotatable bonds is 5. The van der Waals surface area contributed by atoms with E-state index in [0.29, 0.717) is 6.04 Å². The second-order valence-electron chi connectivity index (χ2n) is 5.19. The Morgan fingerprint density at radius 1 is 1.56 bits per heavy atom. The topological polar surface area (TPSA) is 31.4 Å². The Hall–Kier alpha value is -1.13. The van der Waals surface area contributed by atoms with Crippen LogP contribution >= 0.6 is 0 Å². The van der Waals surface area contributed by atoms with Crippen molar-refractivity contribution < 1.29 is 0 Å². The molecule has 0 bridgehead atoms. The molecule has 0 aliphatic carbocycles. The van der Waals surface area contributed by atoms with E-state index in [9.17, 15) is 0 Å². The lowest BCUT2D eigenvalue weighted by Crippen LogP contribution is -2.37. The lowest BCUT2D eigenvalue weighted by molar-refractivity contribution is 0.314. The van der Waals surface area contributed by atoms with Gasteiger partial charge in [0, 0.05) is 49.8 Å². The van der Waals surface area contributed by atoms with Crippen LogP contribution in [0, 0.1) is 0 Å². The molecule has 1 atom stereocenters. The molecule has 0 spiro atoms. The zero-order valence-electron chi connectivity index (χ0n) is 11.7. The van der Waals surface area contributed by atoms with Crippen molar-refractivity contribution >= 4 is 5.69 Å². The lowest BCUT2D eigenvalue weighted by Gasteiger charge is -2.28. The van der Waals surface area contributed by atoms with Crippen molar-refractivity contribution in [1.82, 2.24) is 15.2 Å². The fourth-order valence-corrected chi connectivity index (χ4v) is 2.74. The summed E-state index contributed by atoms with van der Waals surface area (Å²) in [4.78, 5) is 9.05. The first-order valence-corrected chi connectivity index (χ1v) is 6.71. The van der Waals surface area contributed by atoms with Gasteiger partial charge >= 0.3 is 0 Å². The average molecular weight is 248 g/mol. The maximum Gasteiger partial charge on any atom is 0.0440 e. The van der Waals surface area contributed by atoms with E-state index in [-0.39, 0.29) is 0 Å². The van der Waals surface area contributed by atoms with Gasteiger partial charge in [0.15, 0.2) is 0 Å². The van der Waals surface area contributed by atoms with Crippen LogP contribution in [0.5, 0.6) is 0 Å². The van der Waals surface area contributed by atoms with Gasteiger partial charge in [-0.1, -0.05) is 0 Å². The Balaban J connectivity index is 2.05. The van der Waals surface area contributed by atoms with Crippen molar-refractivity contribution in [3.05, 3.63) is 24.0 Å². The normalized spacial score (nSPS) is 20.3. The van der Waals surface area contributed by atoms with Crippen LogP contribution in [0.2, 0.25) is 0 Å². The summed E-state index contributed by atoms with van der Waals surface area (Å²) < 4.78 is 0. The number of nitrogens with zero attached hydrogens (tertiary/aromatic N) is 3. The van der Waals surface area contributed by atoms with Crippen LogP contribution in [-0.2, 0) is 6.54 Å². The minimum Gasteiger partial charge on any atom is -0.373 e. The van der Waals surface area contributed by atoms with Gasteiger partial charge in [0.05, 0.1) is 0 Å². The Kier molecular flexibility index (Phi) is 4.55. The van der Waals surface area contributed by atoms with Crippen molar-refractivity contribution in [3.8, 4) is 0 Å². The summed E-state index contributed by atoms with van der Waals surface area (Å²) in [6.07, 6.45) is 6.48. The second kappa shape index (κ2) is 6.16. The summed E-state index contributed by atoms with van der Waals surface area (Å²) in [5.74, 6) is 0. The molecule has 0 aromatic carbocycles. The van der Waals surface area contributed by atoms with Crippen LogP contribution in [0.25, 0.3) is 0 Å². The smallest absolute Gasteiger partial charge is 0.0440 e. The third kappa shape index (κ3) is 3.00. The summed E-state index contributed by atoms with van der Waals surface area (Å²) in [6, 6.07) is 2.80. The summed E-state index contributed by atoms with van der Waals surface area (Å²) in [5, 5.41) is 3.20. The molecule has 1 aromatic rings. The molecule has 0 radical (unpaired) electrons. The summed E-state index contributed by atoms with van der Waals surface area (Å²) >= 11 is 0. The number of nitrogens with one attached hydrogen (secondary N) is 1. The quantitative estimate of drug-likeness (QED) is 0.852. The van der Waals surface area contributed by atoms with Gasteiger partial charge in [-0.3, -0.25) is 4.98 Å². The predicted molar refractivity (Wildman–Crippen MR) is 75.9 cm³/mol. The van der Waals surface area contributed by atoms with E-state index in [2.05, 4.69) is 40.3 Å². The molecule has 1 fully saturated rings. The van der Waals surface area contributed by atoms with Crippen molar-refractivity contribution in [2.24, 2.45) is 0 Å². The Bertz CT molecular complexity index is 380. The minimum atomic E-state index is 0.686. The minimum absolute atomic E-state index is 0.686. The molecular formula is C14H24N4. The molecule has 1 aliphatic heterocycles. The van der Waals surface area contributed by atoms with Gasteiger partial charge in [-0.15, -0.1) is 0 Å². The van der Waals surface area contributed by atoms with Gasteiger partial charge in [0.25, 0.3) is 0 Å². The van der Waals surface area contributed by atoms with Crippen molar-refractivity contribution in [3.63, 3.8) is 0 Å². The molecule has 1 aromatic heterocycles. The Morgan fingerprint density at radius 3 is 3.06 bits per heavy atom. The number of aromatic nitrogens is 1. The van der Waals surface area contributed by atoms with Gasteiger partial charge < -0.3 is 15.1 Å². The summed E-state index contributed by atoms with van der Waals surface area (Å²) in [6.45, 7) is 3.20. The Labute approximate surface area is 110 Å². The van der Waals surface area contributed by atoms with E-state index in [1.807, 2.05) is 19.4 Å². The molecule has 18 heavy (non-hydrogen) atoms. The standard InChI is InChI=1S/C14H24N4/c1-15-9-12-10-16-7-6-14(12)18(3)11-13-5-4-8-17(13)2/h6-7,10,13,15H,4-5,8-9,11H2,1-3H3. The highest BCUT2D eigenvalue weighted by molar-refractivity contribution is 5.51. The van der Waals surface area contributed by atoms with Gasteiger partial charge in [0.1, 0.15) is 0 Å². The van der Waals surface area contributed by atoms with Crippen LogP contribution in [0.4, 0.5) is 5.69 Å². The zero-order chi connectivity index (χ0) is 13.0. The fourth-order valence-electron chi connectivity index (χ4n) is 2.74. The Morgan fingerprint density at radius 2 is 2.39 bits per heavy atom. The van der Waals surface area contributed by atoms with E-state index >= 15 is 0 Å². The SMILES string of the molecule is CNCc1cnccc1N(C)CC1CCCN1C. The highest BCUT2D eigenvalue weighted by atomic mass is 15.2. The molecule has 1 saturated heterocycles. The number of anilines is 1. The maximum absolute atomic E-state index is 4.22. The molecule has 1 aliphatic rings. The average Bonchev–Trinajstić information content (AvgIpc) is 2.76. The van der Waals surface area contributed by atoms with E-state index in [0.717, 1.165) is 13.1 Å². The van der Waals surface area contributed by atoms with Gasteiger partial charge in [0.2, 0.25) is 0 Å². The molecule has 2 heterocycles. The van der Waals surface area contributed by atoms with Crippen molar-refractivity contribution in [2.45, 2.75) is 25.4 Å². The molecule has 4 heteroatoms. The molecule has 1 unspecified atom stereocenters. The van der Waals surface area contributed by atoms with Crippen molar-refractivity contribution in [2.75, 3.05) is 39.1 Å². The third-order valence-corrected chi connectivity index (χ3v) is 3.81. The molecular weight excluding hydrogens is 224 g/mol. The molecule has 100 valence electrons. The highest BCUT2D eigenvalue weighted by Gasteiger charge is 2.22. The summed E-state index contributed by atoms with van der Waals surface area (Å²) in [7, 11) is 6.38. The molecule has 2 rings (SSSR count). The molecule has 1 N–H and O–H groups in total. The molecule has 0 amide bonds. The van der Waals surface area contributed by atoms with Crippen LogP contribution in [0.3, 0.4) is 0 Å². The lowest BCUT2D eigenvalue weighted by atomic mass is 10.1. The zero-order valence-corrected chi connectivity index (χ0v) is 11.7. The first-order chi connectivity index (χ1) is 8.72. The van der Waals surface area contributed by atoms with Crippen molar-refractivity contribution in [1.29, 1.82) is 0 Å². The van der Waals surface area contributed by atoms with Gasteiger partial charge in [-0.2, -0.15) is 0 Å². The predicted octanol–water partition coefficient (Wildman–Crippen LogP) is 1.33. The highest BCUT2D eigenvalue weighted by Crippen LogP contribution is 2.21. The van der Waals surface area contributed by atoms with E-state index in [1.165, 1.54) is 30.6 Å². The van der Waals surface area contributed by atoms with Gasteiger partial charge in [-0.25, -0.2) is 0 Å². The van der Waals surface area contributed by atoms with E-state index in [1.54, 1.807) is 0 Å². The van der Waals surface area contributed by atoms with Gasteiger partial charge in [-0.05, 0) is 39.5 Å². The fraction of sp³-hybridized carbons (Fsp3) is 0.643. The van der Waals surface area contributed by atoms with Crippen LogP contribution in [0.15, 0.2) is 18.5 Å². The van der Waals surface area contributed by atoms with Crippen LogP contribution in [-0.4, -0.2) is 50.2 Å². The van der Waals surface area contributed by atoms with E-state index in [4.69, 9.17) is 0 Å². The maximum atomic E-state index is 4.22. The largest absolute Gasteiger partial charge is 0.373 e. The number of hydrogen-bond acceptors (Lipinski definition) is 4. The van der Waals surface area contributed by atoms with Crippen LogP contribution < -0.4 is 10.2 Å². The summed E-state index contributed by atoms with van der Waals surface area (Å²) in [5.41, 5.74) is 2.56. The number of pyridine rings is 1. The second-order valence-corrected chi connectivity index (χ2v) is 5.19. The first-order valence-electron chi connectivity index (χ1n) is 6.71. The van der Waals surface area contributed by atoms with E-state index < -0.39 is 0 Å². The van der Waals surface area contributed by atoms with Crippen LogP contribution in [0.1, 0.15) is 18.4 Å². The number of likely N-dealkylation sites (tertiary alicyclic amines) is 1. The monoisotopic (exact) mass is 248 g/mol. The first kappa shape index (κ1) is 13.3. The number of hydrogen-bond donors (Lipinski definition) is 1.